The predicted molar refractivity (Wildman–Crippen MR) is 104 cm³/mol. The van der Waals surface area contributed by atoms with Gasteiger partial charge in [-0.3, -0.25) is 4.79 Å². The van der Waals surface area contributed by atoms with Crippen molar-refractivity contribution in [2.75, 3.05) is 5.32 Å². The Kier molecular flexibility index (Phi) is 6.40. The van der Waals surface area contributed by atoms with Gasteiger partial charge in [0.25, 0.3) is 5.91 Å². The Balaban J connectivity index is 1.56. The van der Waals surface area contributed by atoms with Crippen molar-refractivity contribution >= 4 is 23.2 Å². The number of carbonyl (C=O) groups is 1. The van der Waals surface area contributed by atoms with Gasteiger partial charge in [0, 0.05) is 10.7 Å². The summed E-state index contributed by atoms with van der Waals surface area (Å²) in [5.41, 5.74) is 0.724. The fourth-order valence-corrected chi connectivity index (χ4v) is 3.25. The van der Waals surface area contributed by atoms with Crippen LogP contribution < -0.4 is 14.8 Å². The summed E-state index contributed by atoms with van der Waals surface area (Å²) in [6.07, 6.45) is 5.03. The first-order chi connectivity index (χ1) is 12.6. The zero-order valence-corrected chi connectivity index (χ0v) is 15.7. The third kappa shape index (κ3) is 5.15. The minimum Gasteiger partial charge on any atom is -0.490 e. The fourth-order valence-electron chi connectivity index (χ4n) is 3.07. The van der Waals surface area contributed by atoms with Crippen LogP contribution in [-0.2, 0) is 4.79 Å². The molecule has 4 nitrogen and oxygen atoms in total. The molecule has 26 heavy (non-hydrogen) atoms. The predicted octanol–water partition coefficient (Wildman–Crippen LogP) is 5.46. The van der Waals surface area contributed by atoms with Crippen LogP contribution in [0.3, 0.4) is 0 Å². The van der Waals surface area contributed by atoms with Crippen LogP contribution in [-0.4, -0.2) is 18.1 Å². The maximum atomic E-state index is 12.5. The van der Waals surface area contributed by atoms with E-state index in [4.69, 9.17) is 21.1 Å². The number of ether oxygens (including phenoxy) is 2. The molecule has 1 atom stereocenters. The molecule has 0 bridgehead atoms. The summed E-state index contributed by atoms with van der Waals surface area (Å²) >= 11 is 5.96. The zero-order valence-electron chi connectivity index (χ0n) is 14.9. The van der Waals surface area contributed by atoms with Crippen molar-refractivity contribution in [3.63, 3.8) is 0 Å². The highest BCUT2D eigenvalue weighted by Crippen LogP contribution is 2.25. The van der Waals surface area contributed by atoms with Gasteiger partial charge in [0.15, 0.2) is 6.10 Å². The molecule has 1 saturated carbocycles. The van der Waals surface area contributed by atoms with Gasteiger partial charge in [-0.2, -0.15) is 0 Å². The van der Waals surface area contributed by atoms with Crippen LogP contribution in [0.25, 0.3) is 0 Å². The molecular weight excluding hydrogens is 350 g/mol. The maximum Gasteiger partial charge on any atom is 0.265 e. The minimum atomic E-state index is -0.581. The van der Waals surface area contributed by atoms with Crippen LogP contribution in [0.2, 0.25) is 5.02 Å². The third-order valence-corrected chi connectivity index (χ3v) is 4.70. The number of rotatable bonds is 7. The Morgan fingerprint density at radius 2 is 1.88 bits per heavy atom. The number of nitrogens with one attached hydrogen (secondary N) is 1. The molecule has 0 unspecified atom stereocenters. The Hall–Kier alpha value is -2.20. The number of anilines is 1. The van der Waals surface area contributed by atoms with Gasteiger partial charge in [-0.15, -0.1) is 0 Å². The van der Waals surface area contributed by atoms with Gasteiger partial charge >= 0.3 is 0 Å². The van der Waals surface area contributed by atoms with Crippen molar-refractivity contribution < 1.29 is 14.3 Å². The van der Waals surface area contributed by atoms with Crippen LogP contribution in [0.15, 0.2) is 48.5 Å². The first-order valence-electron chi connectivity index (χ1n) is 9.14. The SMILES string of the molecule is CC[C@H](Oc1cccc(Cl)c1)C(=O)Nc1ccc(OC2CCCC2)cc1. The van der Waals surface area contributed by atoms with Crippen LogP contribution in [0, 0.1) is 0 Å². The standard InChI is InChI=1S/C21H24ClNO3/c1-2-20(26-19-9-5-6-15(22)14-19)21(24)23-16-10-12-18(13-11-16)25-17-7-3-4-8-17/h5-6,9-14,17,20H,2-4,7-8H2,1H3,(H,23,24)/t20-/m0/s1. The van der Waals surface area contributed by atoms with Gasteiger partial charge in [-0.25, -0.2) is 0 Å². The van der Waals surface area contributed by atoms with Crippen LogP contribution in [0.1, 0.15) is 39.0 Å². The van der Waals surface area contributed by atoms with Crippen molar-refractivity contribution in [3.05, 3.63) is 53.6 Å². The molecule has 1 fully saturated rings. The van der Waals surface area contributed by atoms with E-state index in [9.17, 15) is 4.79 Å². The molecular formula is C21H24ClNO3. The second-order valence-electron chi connectivity index (χ2n) is 6.51. The smallest absolute Gasteiger partial charge is 0.265 e. The molecule has 3 rings (SSSR count). The second kappa shape index (κ2) is 8.95. The summed E-state index contributed by atoms with van der Waals surface area (Å²) in [6.45, 7) is 1.91. The van der Waals surface area contributed by atoms with Crippen LogP contribution in [0.4, 0.5) is 5.69 Å². The molecule has 0 heterocycles. The summed E-state index contributed by atoms with van der Waals surface area (Å²) in [5, 5.41) is 3.48. The van der Waals surface area contributed by atoms with Crippen molar-refractivity contribution in [1.29, 1.82) is 0 Å². The lowest BCUT2D eigenvalue weighted by Crippen LogP contribution is -2.32. The Morgan fingerprint density at radius 1 is 1.15 bits per heavy atom. The van der Waals surface area contributed by atoms with Crippen LogP contribution in [0.5, 0.6) is 11.5 Å². The summed E-state index contributed by atoms with van der Waals surface area (Å²) in [7, 11) is 0. The van der Waals surface area contributed by atoms with E-state index in [0.717, 1.165) is 24.3 Å². The molecule has 2 aromatic rings. The summed E-state index contributed by atoms with van der Waals surface area (Å²) < 4.78 is 11.7. The number of hydrogen-bond donors (Lipinski definition) is 1. The van der Waals surface area contributed by atoms with Gasteiger partial charge in [0.05, 0.1) is 6.10 Å². The van der Waals surface area contributed by atoms with Crippen LogP contribution >= 0.6 is 11.6 Å². The molecule has 0 radical (unpaired) electrons. The monoisotopic (exact) mass is 373 g/mol. The summed E-state index contributed by atoms with van der Waals surface area (Å²) in [5.74, 6) is 1.24. The number of benzene rings is 2. The topological polar surface area (TPSA) is 47.6 Å². The molecule has 2 aromatic carbocycles. The van der Waals surface area contributed by atoms with E-state index in [-0.39, 0.29) is 5.91 Å². The number of carbonyl (C=O) groups excluding carboxylic acids is 1. The van der Waals surface area contributed by atoms with E-state index >= 15 is 0 Å². The Labute approximate surface area is 159 Å². The first kappa shape index (κ1) is 18.6. The number of halogens is 1. The lowest BCUT2D eigenvalue weighted by Gasteiger charge is -2.18. The average molecular weight is 374 g/mol. The summed E-state index contributed by atoms with van der Waals surface area (Å²) in [4.78, 5) is 12.5. The van der Waals surface area contributed by atoms with E-state index in [2.05, 4.69) is 5.32 Å². The first-order valence-corrected chi connectivity index (χ1v) is 9.51. The molecule has 0 aliphatic heterocycles. The highest BCUT2D eigenvalue weighted by molar-refractivity contribution is 6.30. The van der Waals surface area contributed by atoms with E-state index in [1.54, 1.807) is 24.3 Å². The quantitative estimate of drug-likeness (QED) is 0.701. The highest BCUT2D eigenvalue weighted by Gasteiger charge is 2.19. The van der Waals surface area contributed by atoms with Crippen molar-refractivity contribution in [3.8, 4) is 11.5 Å². The molecule has 0 saturated heterocycles. The lowest BCUT2D eigenvalue weighted by molar-refractivity contribution is -0.122. The normalized spacial score (nSPS) is 15.5. The van der Waals surface area contributed by atoms with E-state index in [1.165, 1.54) is 12.8 Å². The maximum absolute atomic E-state index is 12.5. The largest absolute Gasteiger partial charge is 0.490 e. The van der Waals surface area contributed by atoms with E-state index in [1.807, 2.05) is 31.2 Å². The molecule has 138 valence electrons. The van der Waals surface area contributed by atoms with Gasteiger partial charge in [-0.1, -0.05) is 24.6 Å². The van der Waals surface area contributed by atoms with Crippen molar-refractivity contribution in [2.24, 2.45) is 0 Å². The Bertz CT molecular complexity index is 726. The third-order valence-electron chi connectivity index (χ3n) is 4.46. The molecule has 0 aromatic heterocycles. The van der Waals surface area contributed by atoms with Gasteiger partial charge in [-0.05, 0) is 74.6 Å². The number of hydrogen-bond acceptors (Lipinski definition) is 3. The average Bonchev–Trinajstić information content (AvgIpc) is 3.14. The lowest BCUT2D eigenvalue weighted by atomic mass is 10.2. The highest BCUT2D eigenvalue weighted by atomic mass is 35.5. The van der Waals surface area contributed by atoms with Gasteiger partial charge < -0.3 is 14.8 Å². The van der Waals surface area contributed by atoms with Crippen molar-refractivity contribution in [2.45, 2.75) is 51.2 Å². The van der Waals surface area contributed by atoms with Gasteiger partial charge in [0.2, 0.25) is 0 Å². The zero-order chi connectivity index (χ0) is 18.4. The Morgan fingerprint density at radius 3 is 2.54 bits per heavy atom. The molecule has 5 heteroatoms. The molecule has 1 aliphatic carbocycles. The molecule has 1 N–H and O–H groups in total. The molecule has 1 amide bonds. The fraction of sp³-hybridized carbons (Fsp3) is 0.381. The molecule has 0 spiro atoms. The van der Waals surface area contributed by atoms with Crippen molar-refractivity contribution in [1.82, 2.24) is 0 Å². The van der Waals surface area contributed by atoms with E-state index in [0.29, 0.717) is 23.3 Å². The number of amides is 1. The minimum absolute atomic E-state index is 0.183. The van der Waals surface area contributed by atoms with E-state index < -0.39 is 6.10 Å². The van der Waals surface area contributed by atoms with Gasteiger partial charge in [0.1, 0.15) is 11.5 Å². The molecule has 1 aliphatic rings. The second-order valence-corrected chi connectivity index (χ2v) is 6.95. The summed E-state index contributed by atoms with van der Waals surface area (Å²) in [6, 6.07) is 14.6.